The number of carbonyl (C=O) groups is 2. The summed E-state index contributed by atoms with van der Waals surface area (Å²) < 4.78 is 38.1. The quantitative estimate of drug-likeness (QED) is 0.757. The number of H-pyrrole nitrogens is 1. The third kappa shape index (κ3) is 5.98. The molecule has 10 heteroatoms. The van der Waals surface area contributed by atoms with E-state index in [2.05, 4.69) is 15.6 Å². The van der Waals surface area contributed by atoms with E-state index < -0.39 is 11.7 Å². The maximum Gasteiger partial charge on any atom is 0.419 e. The Labute approximate surface area is 160 Å². The van der Waals surface area contributed by atoms with E-state index in [-0.39, 0.29) is 29.3 Å². The first-order valence-corrected chi connectivity index (χ1v) is 9.18. The van der Waals surface area contributed by atoms with Gasteiger partial charge in [0.15, 0.2) is 0 Å². The van der Waals surface area contributed by atoms with Crippen LogP contribution in [0.5, 0.6) is 0 Å². The van der Waals surface area contributed by atoms with E-state index in [1.54, 1.807) is 0 Å². The van der Waals surface area contributed by atoms with Crippen molar-refractivity contribution in [1.82, 2.24) is 10.6 Å². The van der Waals surface area contributed by atoms with Crippen molar-refractivity contribution in [3.63, 3.8) is 0 Å². The number of aromatic nitrogens is 1. The number of carbonyl (C=O) groups excluding carboxylic acids is 2. The Bertz CT molecular complexity index is 677. The second-order valence-electron chi connectivity index (χ2n) is 6.41. The van der Waals surface area contributed by atoms with Crippen molar-refractivity contribution in [2.45, 2.75) is 32.4 Å². The van der Waals surface area contributed by atoms with Gasteiger partial charge in [-0.25, -0.2) is 4.98 Å². The van der Waals surface area contributed by atoms with E-state index in [9.17, 15) is 22.8 Å². The molecule has 1 fully saturated rings. The molecule has 0 radical (unpaired) electrons. The molecule has 1 aliphatic heterocycles. The van der Waals surface area contributed by atoms with Crippen molar-refractivity contribution >= 4 is 29.2 Å². The summed E-state index contributed by atoms with van der Waals surface area (Å²) in [6.45, 7) is 3.39. The maximum absolute atomic E-state index is 12.7. The number of anilines is 1. The zero-order valence-corrected chi connectivity index (χ0v) is 15.7. The van der Waals surface area contributed by atoms with Crippen LogP contribution in [0.4, 0.5) is 19.0 Å². The molecule has 1 saturated heterocycles. The molecule has 1 aliphatic rings. The number of nitrogens with zero attached hydrogens (tertiary/aromatic N) is 1. The first-order chi connectivity index (χ1) is 12.7. The van der Waals surface area contributed by atoms with Gasteiger partial charge in [0.25, 0.3) is 5.82 Å². The number of aromatic amines is 1. The van der Waals surface area contributed by atoms with Crippen LogP contribution in [0.1, 0.15) is 31.7 Å². The monoisotopic (exact) mass is 407 g/mol. The molecule has 0 unspecified atom stereocenters. The van der Waals surface area contributed by atoms with Gasteiger partial charge in [-0.3, -0.25) is 14.5 Å². The molecule has 2 rings (SSSR count). The molecule has 0 aliphatic carbocycles. The highest BCUT2D eigenvalue weighted by atomic mass is 35.5. The molecule has 3 N–H and O–H groups in total. The van der Waals surface area contributed by atoms with Gasteiger partial charge in [0, 0.05) is 12.5 Å². The zero-order chi connectivity index (χ0) is 20.0. The van der Waals surface area contributed by atoms with Gasteiger partial charge in [-0.15, -0.1) is 0 Å². The highest BCUT2D eigenvalue weighted by molar-refractivity contribution is 6.32. The minimum atomic E-state index is -4.47. The Kier molecular flexibility index (Phi) is 7.29. The van der Waals surface area contributed by atoms with E-state index >= 15 is 0 Å². The van der Waals surface area contributed by atoms with Crippen molar-refractivity contribution < 1.29 is 27.7 Å². The third-order valence-electron chi connectivity index (χ3n) is 4.38. The number of rotatable bonds is 6. The number of hydrogen-bond acceptors (Lipinski definition) is 3. The van der Waals surface area contributed by atoms with Crippen LogP contribution < -0.4 is 20.5 Å². The van der Waals surface area contributed by atoms with Gasteiger partial charge >= 0.3 is 6.18 Å². The zero-order valence-electron chi connectivity index (χ0n) is 15.0. The van der Waals surface area contributed by atoms with E-state index in [0.717, 1.165) is 18.7 Å². The summed E-state index contributed by atoms with van der Waals surface area (Å²) in [5.41, 5.74) is -0.841. The van der Waals surface area contributed by atoms with Gasteiger partial charge in [-0.1, -0.05) is 18.5 Å². The number of amides is 2. The lowest BCUT2D eigenvalue weighted by molar-refractivity contribution is -0.367. The summed E-state index contributed by atoms with van der Waals surface area (Å²) in [7, 11) is 0. The van der Waals surface area contributed by atoms with Gasteiger partial charge in [-0.2, -0.15) is 13.2 Å². The molecule has 1 aromatic heterocycles. The predicted molar refractivity (Wildman–Crippen MR) is 94.3 cm³/mol. The second kappa shape index (κ2) is 9.25. The van der Waals surface area contributed by atoms with Crippen molar-refractivity contribution in [3.8, 4) is 0 Å². The number of pyridine rings is 1. The average Bonchev–Trinajstić information content (AvgIpc) is 2.63. The summed E-state index contributed by atoms with van der Waals surface area (Å²) in [5.74, 6) is -0.256. The van der Waals surface area contributed by atoms with Gasteiger partial charge in [0.05, 0.1) is 25.2 Å². The summed E-state index contributed by atoms with van der Waals surface area (Å²) in [4.78, 5) is 28.1. The third-order valence-corrected chi connectivity index (χ3v) is 4.67. The molecule has 0 aromatic carbocycles. The number of hydrogen-bond donors (Lipinski definition) is 2. The van der Waals surface area contributed by atoms with E-state index in [1.165, 1.54) is 0 Å². The Morgan fingerprint density at radius 3 is 2.52 bits per heavy atom. The molecule has 6 nitrogen and oxygen atoms in total. The van der Waals surface area contributed by atoms with Gasteiger partial charge in [0.1, 0.15) is 11.2 Å². The van der Waals surface area contributed by atoms with Crippen molar-refractivity contribution in [3.05, 3.63) is 22.8 Å². The Morgan fingerprint density at radius 1 is 1.30 bits per heavy atom. The fraction of sp³-hybridized carbons (Fsp3) is 0.588. The molecule has 0 atom stereocenters. The summed E-state index contributed by atoms with van der Waals surface area (Å²) in [5, 5.41) is 5.29. The minimum absolute atomic E-state index is 0.0136. The van der Waals surface area contributed by atoms with Crippen LogP contribution in [0.25, 0.3) is 0 Å². The molecule has 27 heavy (non-hydrogen) atoms. The minimum Gasteiger partial charge on any atom is -0.355 e. The van der Waals surface area contributed by atoms with Crippen LogP contribution in [-0.2, 0) is 15.8 Å². The van der Waals surface area contributed by atoms with Gasteiger partial charge in [0.2, 0.25) is 11.8 Å². The average molecular weight is 408 g/mol. The summed E-state index contributed by atoms with van der Waals surface area (Å²) >= 11 is 6.00. The molecular weight excluding hydrogens is 385 g/mol. The molecule has 1 aromatic rings. The maximum atomic E-state index is 12.7. The number of piperidine rings is 1. The van der Waals surface area contributed by atoms with Gasteiger partial charge in [-0.05, 0) is 25.3 Å². The summed E-state index contributed by atoms with van der Waals surface area (Å²) in [6.07, 6.45) is -1.72. The lowest BCUT2D eigenvalue weighted by Crippen LogP contribution is -2.44. The van der Waals surface area contributed by atoms with E-state index in [0.29, 0.717) is 38.3 Å². The van der Waals surface area contributed by atoms with Crippen LogP contribution >= 0.6 is 11.6 Å². The van der Waals surface area contributed by atoms with Crippen molar-refractivity contribution in [2.24, 2.45) is 5.92 Å². The number of nitrogens with one attached hydrogen (secondary N) is 3. The van der Waals surface area contributed by atoms with Crippen molar-refractivity contribution in [2.75, 3.05) is 31.1 Å². The molecule has 150 valence electrons. The highest BCUT2D eigenvalue weighted by Gasteiger charge is 2.35. The Hall–Kier alpha value is -2.03. The molecular formula is C17H23ClF3N4O2+. The second-order valence-corrected chi connectivity index (χ2v) is 6.82. The predicted octanol–water partition coefficient (Wildman–Crippen LogP) is 2.03. The lowest BCUT2D eigenvalue weighted by Gasteiger charge is -2.27. The SMILES string of the molecule is CCCNC(=O)CNC(=O)C1CCN(c2[nH+]cc(C(F)(F)F)cc2Cl)CC1. The van der Waals surface area contributed by atoms with Crippen LogP contribution in [0, 0.1) is 5.92 Å². The fourth-order valence-electron chi connectivity index (χ4n) is 2.87. The largest absolute Gasteiger partial charge is 0.419 e. The van der Waals surface area contributed by atoms with Crippen LogP contribution in [-0.4, -0.2) is 38.0 Å². The lowest BCUT2D eigenvalue weighted by atomic mass is 9.96. The smallest absolute Gasteiger partial charge is 0.355 e. The normalized spacial score (nSPS) is 15.5. The fourth-order valence-corrected chi connectivity index (χ4v) is 3.16. The van der Waals surface area contributed by atoms with E-state index in [4.69, 9.17) is 11.6 Å². The standard InChI is InChI=1S/C17H22ClF3N4O2/c1-2-5-22-14(26)10-24-16(27)11-3-6-25(7-4-11)15-13(18)8-12(9-23-15)17(19,20)21/h8-9,11H,2-7,10H2,1H3,(H,22,26)(H,24,27)/p+1. The molecule has 0 saturated carbocycles. The molecule has 2 amide bonds. The Morgan fingerprint density at radius 2 is 1.96 bits per heavy atom. The summed E-state index contributed by atoms with van der Waals surface area (Å²) in [6, 6.07) is 0.890. The van der Waals surface area contributed by atoms with Crippen molar-refractivity contribution in [1.29, 1.82) is 0 Å². The number of halogens is 4. The van der Waals surface area contributed by atoms with Crippen LogP contribution in [0.2, 0.25) is 5.02 Å². The van der Waals surface area contributed by atoms with Crippen LogP contribution in [0.15, 0.2) is 12.3 Å². The Balaban J connectivity index is 1.86. The van der Waals surface area contributed by atoms with E-state index in [1.807, 2.05) is 11.8 Å². The molecule has 0 bridgehead atoms. The first kappa shape index (κ1) is 21.3. The molecule has 2 heterocycles. The molecule has 0 spiro atoms. The topological polar surface area (TPSA) is 75.6 Å². The highest BCUT2D eigenvalue weighted by Crippen LogP contribution is 2.33. The first-order valence-electron chi connectivity index (χ1n) is 8.80. The number of alkyl halides is 3. The van der Waals surface area contributed by atoms with Gasteiger partial charge < -0.3 is 10.6 Å². The van der Waals surface area contributed by atoms with Crippen LogP contribution in [0.3, 0.4) is 0 Å².